The number of rotatable bonds is 11. The Labute approximate surface area is 286 Å². The van der Waals surface area contributed by atoms with Crippen LogP contribution in [0, 0.1) is 0 Å². The number of benzene rings is 4. The smallest absolute Gasteiger partial charge is 0.261 e. The van der Waals surface area contributed by atoms with Gasteiger partial charge in [-0.1, -0.05) is 60.7 Å². The first-order valence-electron chi connectivity index (χ1n) is 16.5. The minimum Gasteiger partial charge on any atom is -0.497 e. The number of nitrogens with one attached hydrogen (secondary N) is 1. The minimum absolute atomic E-state index is 0.00735. The average Bonchev–Trinajstić information content (AvgIpc) is 3.55. The monoisotopic (exact) mass is 666 g/mol. The van der Waals surface area contributed by atoms with Crippen LogP contribution in [0.5, 0.6) is 17.2 Å². The first-order chi connectivity index (χ1) is 23.8. The lowest BCUT2D eigenvalue weighted by Crippen LogP contribution is -2.58. The molecular formula is C38H42N4O7. The number of aliphatic hydroxyl groups is 1. The first-order valence-corrected chi connectivity index (χ1v) is 16.5. The number of amides is 3. The molecule has 2 unspecified atom stereocenters. The number of carbonyl (C=O) groups excluding carboxylic acids is 3. The van der Waals surface area contributed by atoms with Crippen LogP contribution in [0.15, 0.2) is 91.0 Å². The third-order valence-corrected chi connectivity index (χ3v) is 9.19. The van der Waals surface area contributed by atoms with Crippen LogP contribution in [0.1, 0.15) is 12.0 Å². The number of aliphatic hydroxyl groups excluding tert-OH is 1. The van der Waals surface area contributed by atoms with E-state index in [1.54, 1.807) is 43.4 Å². The van der Waals surface area contributed by atoms with Crippen LogP contribution >= 0.6 is 0 Å². The fourth-order valence-electron chi connectivity index (χ4n) is 6.61. The van der Waals surface area contributed by atoms with Gasteiger partial charge in [-0.05, 0) is 40.6 Å². The van der Waals surface area contributed by atoms with E-state index in [1.165, 1.54) is 4.90 Å². The summed E-state index contributed by atoms with van der Waals surface area (Å²) in [5, 5.41) is 15.6. The normalized spacial score (nSPS) is 18.2. The molecule has 2 fully saturated rings. The number of fused-ring (bicyclic) bond motifs is 1. The van der Waals surface area contributed by atoms with Crippen molar-refractivity contribution in [1.29, 1.82) is 0 Å². The van der Waals surface area contributed by atoms with Gasteiger partial charge in [0.05, 0.1) is 26.0 Å². The highest BCUT2D eigenvalue weighted by Gasteiger charge is 2.41. The Balaban J connectivity index is 1.17. The SMILES string of the molecule is COc1cccc(OCC(=O)N2C[C@H](O)CC2C(=O)NC(Cc2ccc3ccccc3c2)C(=O)N2CCN(c3ccccc3OC)CC2)c1. The predicted molar refractivity (Wildman–Crippen MR) is 186 cm³/mol. The fourth-order valence-corrected chi connectivity index (χ4v) is 6.61. The van der Waals surface area contributed by atoms with Gasteiger partial charge >= 0.3 is 0 Å². The molecule has 11 heteroatoms. The summed E-state index contributed by atoms with van der Waals surface area (Å²) in [7, 11) is 3.18. The number of para-hydroxylation sites is 2. The summed E-state index contributed by atoms with van der Waals surface area (Å²) in [6.07, 6.45) is -0.551. The van der Waals surface area contributed by atoms with E-state index < -0.39 is 30.0 Å². The molecule has 2 saturated heterocycles. The molecule has 4 aromatic rings. The van der Waals surface area contributed by atoms with Gasteiger partial charge in [-0.15, -0.1) is 0 Å². The van der Waals surface area contributed by atoms with Gasteiger partial charge < -0.3 is 39.3 Å². The van der Waals surface area contributed by atoms with Crippen molar-refractivity contribution in [1.82, 2.24) is 15.1 Å². The summed E-state index contributed by atoms with van der Waals surface area (Å²) in [6.45, 7) is 1.82. The van der Waals surface area contributed by atoms with E-state index in [4.69, 9.17) is 14.2 Å². The lowest BCUT2D eigenvalue weighted by molar-refractivity contribution is -0.142. The number of carbonyl (C=O) groups is 3. The van der Waals surface area contributed by atoms with Crippen LogP contribution in [-0.4, -0.2) is 104 Å². The molecule has 2 aliphatic heterocycles. The molecule has 0 aliphatic carbocycles. The number of ether oxygens (including phenoxy) is 3. The number of β-amino-alcohol motifs (C(OH)–C–C–N with tert-alkyl or cyclic N) is 1. The van der Waals surface area contributed by atoms with E-state index in [-0.39, 0.29) is 31.9 Å². The molecule has 49 heavy (non-hydrogen) atoms. The zero-order valence-electron chi connectivity index (χ0n) is 27.8. The average molecular weight is 667 g/mol. The van der Waals surface area contributed by atoms with Crippen molar-refractivity contribution in [2.24, 2.45) is 0 Å². The number of nitrogens with zero attached hydrogens (tertiary/aromatic N) is 3. The van der Waals surface area contributed by atoms with Gasteiger partial charge in [-0.25, -0.2) is 0 Å². The topological polar surface area (TPSA) is 121 Å². The second kappa shape index (κ2) is 15.3. The zero-order chi connectivity index (χ0) is 34.3. The Morgan fingerprint density at radius 1 is 0.837 bits per heavy atom. The molecule has 0 aromatic heterocycles. The largest absolute Gasteiger partial charge is 0.497 e. The van der Waals surface area contributed by atoms with E-state index in [2.05, 4.69) is 10.2 Å². The molecule has 256 valence electrons. The van der Waals surface area contributed by atoms with E-state index in [9.17, 15) is 19.5 Å². The molecule has 0 bridgehead atoms. The lowest BCUT2D eigenvalue weighted by Gasteiger charge is -2.38. The summed E-state index contributed by atoms with van der Waals surface area (Å²) in [6, 6.07) is 26.9. The van der Waals surface area contributed by atoms with Crippen LogP contribution < -0.4 is 24.4 Å². The standard InChI is InChI=1S/C38H42N4O7/c1-47-30-10-7-11-31(23-30)49-25-36(44)42-24-29(43)22-34(42)37(45)39-32(21-26-14-15-27-8-3-4-9-28(27)20-26)38(46)41-18-16-40(17-19-41)33-12-5-6-13-35(33)48-2/h3-15,20,23,29,32,34,43H,16-19,21-22,24-25H2,1-2H3,(H,39,45)/t29-,32?,34?/m1/s1. The third-order valence-electron chi connectivity index (χ3n) is 9.19. The van der Waals surface area contributed by atoms with Crippen molar-refractivity contribution in [3.05, 3.63) is 96.6 Å². The quantitative estimate of drug-likeness (QED) is 0.250. The Morgan fingerprint density at radius 2 is 1.57 bits per heavy atom. The Kier molecular flexibility index (Phi) is 10.5. The number of hydrogen-bond acceptors (Lipinski definition) is 8. The van der Waals surface area contributed by atoms with Gasteiger partial charge in [-0.3, -0.25) is 14.4 Å². The van der Waals surface area contributed by atoms with Crippen LogP contribution in [0.3, 0.4) is 0 Å². The van der Waals surface area contributed by atoms with Crippen LogP contribution in [0.25, 0.3) is 10.8 Å². The highest BCUT2D eigenvalue weighted by Crippen LogP contribution is 2.29. The number of anilines is 1. The van der Waals surface area contributed by atoms with Crippen molar-refractivity contribution in [3.63, 3.8) is 0 Å². The number of methoxy groups -OCH3 is 2. The Bertz CT molecular complexity index is 1790. The Morgan fingerprint density at radius 3 is 2.35 bits per heavy atom. The summed E-state index contributed by atoms with van der Waals surface area (Å²) >= 11 is 0. The molecule has 6 rings (SSSR count). The van der Waals surface area contributed by atoms with Crippen LogP contribution in [0.4, 0.5) is 5.69 Å². The number of piperazine rings is 1. The maximum atomic E-state index is 14.2. The zero-order valence-corrected chi connectivity index (χ0v) is 27.8. The summed E-state index contributed by atoms with van der Waals surface area (Å²) in [5.74, 6) is 0.680. The molecule has 2 heterocycles. The van der Waals surface area contributed by atoms with Crippen molar-refractivity contribution in [3.8, 4) is 17.2 Å². The molecule has 4 aromatic carbocycles. The lowest BCUT2D eigenvalue weighted by atomic mass is 10.00. The highest BCUT2D eigenvalue weighted by atomic mass is 16.5. The maximum Gasteiger partial charge on any atom is 0.261 e. The van der Waals surface area contributed by atoms with Crippen molar-refractivity contribution < 1.29 is 33.7 Å². The summed E-state index contributed by atoms with van der Waals surface area (Å²) in [5.41, 5.74) is 1.87. The van der Waals surface area contributed by atoms with Gasteiger partial charge in [-0.2, -0.15) is 0 Å². The third kappa shape index (κ3) is 7.89. The van der Waals surface area contributed by atoms with Crippen molar-refractivity contribution in [2.75, 3.05) is 58.5 Å². The molecule has 2 N–H and O–H groups in total. The second-order valence-electron chi connectivity index (χ2n) is 12.4. The molecule has 3 atom stereocenters. The molecule has 0 radical (unpaired) electrons. The molecule has 0 spiro atoms. The predicted octanol–water partition coefficient (Wildman–Crippen LogP) is 3.27. The van der Waals surface area contributed by atoms with Gasteiger partial charge in [0.1, 0.15) is 29.3 Å². The van der Waals surface area contributed by atoms with Crippen molar-refractivity contribution in [2.45, 2.75) is 31.0 Å². The first kappa shape index (κ1) is 33.6. The highest BCUT2D eigenvalue weighted by molar-refractivity contribution is 5.93. The van der Waals surface area contributed by atoms with Gasteiger partial charge in [0.2, 0.25) is 11.8 Å². The minimum atomic E-state index is -0.953. The Hall–Kier alpha value is -5.29. The van der Waals surface area contributed by atoms with Gasteiger partial charge in [0, 0.05) is 51.6 Å². The van der Waals surface area contributed by atoms with E-state index in [0.29, 0.717) is 37.7 Å². The van der Waals surface area contributed by atoms with Crippen molar-refractivity contribution >= 4 is 34.2 Å². The molecule has 0 saturated carbocycles. The van der Waals surface area contributed by atoms with E-state index in [1.807, 2.05) is 66.7 Å². The molecule has 2 aliphatic rings. The molecular weight excluding hydrogens is 624 g/mol. The van der Waals surface area contributed by atoms with E-state index >= 15 is 0 Å². The van der Waals surface area contributed by atoms with Gasteiger partial charge in [0.15, 0.2) is 6.61 Å². The summed E-state index contributed by atoms with van der Waals surface area (Å²) in [4.78, 5) is 46.7. The van der Waals surface area contributed by atoms with E-state index in [0.717, 1.165) is 27.8 Å². The van der Waals surface area contributed by atoms with Crippen LogP contribution in [-0.2, 0) is 20.8 Å². The van der Waals surface area contributed by atoms with Gasteiger partial charge in [0.25, 0.3) is 5.91 Å². The summed E-state index contributed by atoms with van der Waals surface area (Å²) < 4.78 is 16.5. The second-order valence-corrected chi connectivity index (χ2v) is 12.4. The van der Waals surface area contributed by atoms with Crippen LogP contribution in [0.2, 0.25) is 0 Å². The number of hydrogen-bond donors (Lipinski definition) is 2. The maximum absolute atomic E-state index is 14.2. The number of likely N-dealkylation sites (tertiary alicyclic amines) is 1. The fraction of sp³-hybridized carbons (Fsp3) is 0.342. The molecule has 11 nitrogen and oxygen atoms in total. The molecule has 3 amide bonds.